The number of halogens is 1. The zero-order chi connectivity index (χ0) is 11.6. The Morgan fingerprint density at radius 3 is 2.33 bits per heavy atom. The van der Waals surface area contributed by atoms with Gasteiger partial charge in [-0.15, -0.1) is 0 Å². The van der Waals surface area contributed by atoms with Gasteiger partial charge in [-0.05, 0) is 22.6 Å². The van der Waals surface area contributed by atoms with Crippen LogP contribution in [0.3, 0.4) is 0 Å². The van der Waals surface area contributed by atoms with Crippen LogP contribution in [0.2, 0.25) is 0 Å². The van der Waals surface area contributed by atoms with E-state index in [9.17, 15) is 15.3 Å². The van der Waals surface area contributed by atoms with E-state index in [1.165, 1.54) is 0 Å². The Labute approximate surface area is 99.8 Å². The lowest BCUT2D eigenvalue weighted by atomic mass is 9.97. The SMILES string of the molecule is OCC1OC(O)C(NC(O)I)C(O)C1O. The van der Waals surface area contributed by atoms with Crippen LogP contribution in [0.4, 0.5) is 0 Å². The highest BCUT2D eigenvalue weighted by atomic mass is 127. The normalized spacial score (nSPS) is 44.0. The quantitative estimate of drug-likeness (QED) is 0.141. The summed E-state index contributed by atoms with van der Waals surface area (Å²) in [5.41, 5.74) is 0. The van der Waals surface area contributed by atoms with E-state index in [4.69, 9.17) is 14.9 Å². The first kappa shape index (κ1) is 13.5. The summed E-state index contributed by atoms with van der Waals surface area (Å²) < 4.78 is 3.86. The zero-order valence-electron chi connectivity index (χ0n) is 7.69. The number of aliphatic hydroxyl groups excluding tert-OH is 5. The second-order valence-corrected chi connectivity index (χ2v) is 4.44. The lowest BCUT2D eigenvalue weighted by Gasteiger charge is -2.40. The second-order valence-electron chi connectivity index (χ2n) is 3.26. The number of ether oxygens (including phenoxy) is 1. The molecule has 1 saturated heterocycles. The Bertz CT molecular complexity index is 206. The molecule has 1 rings (SSSR count). The molecule has 6 unspecified atom stereocenters. The Morgan fingerprint density at radius 1 is 1.27 bits per heavy atom. The number of aliphatic hydroxyl groups is 5. The van der Waals surface area contributed by atoms with Crippen LogP contribution in [0, 0.1) is 0 Å². The van der Waals surface area contributed by atoms with Gasteiger partial charge in [0.1, 0.15) is 18.3 Å². The van der Waals surface area contributed by atoms with Crippen molar-refractivity contribution < 1.29 is 30.3 Å². The summed E-state index contributed by atoms with van der Waals surface area (Å²) in [5, 5.41) is 48.7. The third-order valence-corrected chi connectivity index (χ3v) is 2.59. The molecule has 90 valence electrons. The third kappa shape index (κ3) is 3.20. The fraction of sp³-hybridized carbons (Fsp3) is 1.00. The average molecular weight is 335 g/mol. The maximum atomic E-state index is 9.58. The van der Waals surface area contributed by atoms with Gasteiger partial charge < -0.3 is 30.3 Å². The van der Waals surface area contributed by atoms with Crippen molar-refractivity contribution in [2.24, 2.45) is 0 Å². The number of hydrogen-bond donors (Lipinski definition) is 6. The molecule has 0 amide bonds. The molecule has 0 bridgehead atoms. The van der Waals surface area contributed by atoms with Crippen molar-refractivity contribution in [2.45, 2.75) is 34.9 Å². The fourth-order valence-electron chi connectivity index (χ4n) is 1.44. The van der Waals surface area contributed by atoms with Crippen molar-refractivity contribution in [1.29, 1.82) is 0 Å². The molecule has 1 fully saturated rings. The molecule has 0 aromatic rings. The van der Waals surface area contributed by atoms with Crippen molar-refractivity contribution in [1.82, 2.24) is 5.32 Å². The predicted molar refractivity (Wildman–Crippen MR) is 56.9 cm³/mol. The minimum absolute atomic E-state index is 0.505. The minimum Gasteiger partial charge on any atom is -0.394 e. The monoisotopic (exact) mass is 335 g/mol. The molecule has 6 N–H and O–H groups in total. The van der Waals surface area contributed by atoms with E-state index >= 15 is 0 Å². The molecular formula is C7H14INO6. The summed E-state index contributed by atoms with van der Waals surface area (Å²) in [6.45, 7) is -0.505. The van der Waals surface area contributed by atoms with Gasteiger partial charge in [0.25, 0.3) is 0 Å². The highest BCUT2D eigenvalue weighted by molar-refractivity contribution is 14.1. The Balaban J connectivity index is 2.66. The van der Waals surface area contributed by atoms with Crippen LogP contribution in [0.15, 0.2) is 0 Å². The van der Waals surface area contributed by atoms with E-state index in [2.05, 4.69) is 5.32 Å². The highest BCUT2D eigenvalue weighted by Gasteiger charge is 2.43. The molecule has 1 aliphatic rings. The van der Waals surface area contributed by atoms with Gasteiger partial charge in [0.2, 0.25) is 0 Å². The number of nitrogens with one attached hydrogen (secondary N) is 1. The maximum Gasteiger partial charge on any atom is 0.173 e. The summed E-state index contributed by atoms with van der Waals surface area (Å²) in [6, 6.07) is -1.00. The molecule has 0 aromatic carbocycles. The highest BCUT2D eigenvalue weighted by Crippen LogP contribution is 2.20. The van der Waals surface area contributed by atoms with Crippen LogP contribution in [0.5, 0.6) is 0 Å². The Hall–Kier alpha value is 0.450. The fourth-order valence-corrected chi connectivity index (χ4v) is 1.85. The van der Waals surface area contributed by atoms with Crippen LogP contribution in [-0.2, 0) is 4.74 Å². The van der Waals surface area contributed by atoms with E-state index in [-0.39, 0.29) is 0 Å². The van der Waals surface area contributed by atoms with Gasteiger partial charge in [-0.3, -0.25) is 5.32 Å². The van der Waals surface area contributed by atoms with E-state index < -0.39 is 41.5 Å². The van der Waals surface area contributed by atoms with Crippen molar-refractivity contribution >= 4 is 22.6 Å². The van der Waals surface area contributed by atoms with Gasteiger partial charge in [0, 0.05) is 0 Å². The summed E-state index contributed by atoms with van der Waals surface area (Å²) in [5.74, 6) is 0. The minimum atomic E-state index is -1.40. The molecule has 6 atom stereocenters. The summed E-state index contributed by atoms with van der Waals surface area (Å²) in [4.78, 5) is 0. The molecule has 0 radical (unpaired) electrons. The molecule has 0 aromatic heterocycles. The van der Waals surface area contributed by atoms with Crippen LogP contribution >= 0.6 is 22.6 Å². The van der Waals surface area contributed by atoms with Crippen molar-refractivity contribution in [3.05, 3.63) is 0 Å². The molecular weight excluding hydrogens is 321 g/mol. The van der Waals surface area contributed by atoms with E-state index in [0.717, 1.165) is 0 Å². The number of alkyl halides is 1. The summed E-state index contributed by atoms with van der Waals surface area (Å²) in [6.07, 6.45) is -5.06. The van der Waals surface area contributed by atoms with Crippen LogP contribution in [-0.4, -0.2) is 67.0 Å². The summed E-state index contributed by atoms with van der Waals surface area (Å²) in [7, 11) is 0. The van der Waals surface area contributed by atoms with Gasteiger partial charge in [-0.2, -0.15) is 0 Å². The molecule has 7 nitrogen and oxygen atoms in total. The zero-order valence-corrected chi connectivity index (χ0v) is 9.85. The molecule has 8 heteroatoms. The standard InChI is InChI=1S/C7H14INO6/c8-7(14)9-3-5(12)4(11)2(1-10)15-6(3)13/h2-7,9-14H,1H2. The molecule has 0 aliphatic carbocycles. The smallest absolute Gasteiger partial charge is 0.173 e. The number of hydrogen-bond acceptors (Lipinski definition) is 7. The van der Waals surface area contributed by atoms with Gasteiger partial charge in [0.15, 0.2) is 10.5 Å². The summed E-state index contributed by atoms with van der Waals surface area (Å²) >= 11 is 1.62. The van der Waals surface area contributed by atoms with Crippen molar-refractivity contribution in [2.75, 3.05) is 6.61 Å². The van der Waals surface area contributed by atoms with Crippen LogP contribution in [0.25, 0.3) is 0 Å². The Morgan fingerprint density at radius 2 is 1.87 bits per heavy atom. The molecule has 0 saturated carbocycles. The second kappa shape index (κ2) is 5.68. The Kier molecular flexibility index (Phi) is 5.12. The van der Waals surface area contributed by atoms with Crippen molar-refractivity contribution in [3.8, 4) is 0 Å². The van der Waals surface area contributed by atoms with Crippen molar-refractivity contribution in [3.63, 3.8) is 0 Å². The first-order chi connectivity index (χ1) is 6.97. The first-order valence-corrected chi connectivity index (χ1v) is 5.60. The number of rotatable bonds is 3. The lowest BCUT2D eigenvalue weighted by molar-refractivity contribution is -0.256. The maximum absolute atomic E-state index is 9.58. The molecule has 0 spiro atoms. The van der Waals surface area contributed by atoms with Crippen LogP contribution in [0.1, 0.15) is 0 Å². The van der Waals surface area contributed by atoms with E-state index in [1.807, 2.05) is 0 Å². The van der Waals surface area contributed by atoms with Gasteiger partial charge in [0.05, 0.1) is 12.6 Å². The molecule has 15 heavy (non-hydrogen) atoms. The predicted octanol–water partition coefficient (Wildman–Crippen LogP) is -2.91. The van der Waals surface area contributed by atoms with E-state index in [0.29, 0.717) is 0 Å². The van der Waals surface area contributed by atoms with Gasteiger partial charge in [-0.1, -0.05) is 0 Å². The molecule has 1 aliphatic heterocycles. The molecule has 1 heterocycles. The topological polar surface area (TPSA) is 122 Å². The van der Waals surface area contributed by atoms with E-state index in [1.54, 1.807) is 22.6 Å². The van der Waals surface area contributed by atoms with Crippen LogP contribution < -0.4 is 5.32 Å². The third-order valence-electron chi connectivity index (χ3n) is 2.23. The largest absolute Gasteiger partial charge is 0.394 e. The van der Waals surface area contributed by atoms with Gasteiger partial charge in [-0.25, -0.2) is 0 Å². The lowest BCUT2D eigenvalue weighted by Crippen LogP contribution is -2.64. The first-order valence-electron chi connectivity index (χ1n) is 4.36. The average Bonchev–Trinajstić information content (AvgIpc) is 2.18. The van der Waals surface area contributed by atoms with Gasteiger partial charge >= 0.3 is 0 Å².